The second-order valence-electron chi connectivity index (χ2n) is 4.25. The van der Waals surface area contributed by atoms with Crippen LogP contribution in [0.4, 0.5) is 18.9 Å². The molecule has 0 aliphatic rings. The maximum atomic E-state index is 12.0. The summed E-state index contributed by atoms with van der Waals surface area (Å²) in [5, 5.41) is 3.07. The van der Waals surface area contributed by atoms with Crippen LogP contribution in [0.15, 0.2) is 42.6 Å². The maximum absolute atomic E-state index is 12.0. The number of ether oxygens (including phenoxy) is 1. The van der Waals surface area contributed by atoms with E-state index in [2.05, 4.69) is 15.0 Å². The minimum Gasteiger partial charge on any atom is -0.406 e. The number of aromatic nitrogens is 1. The van der Waals surface area contributed by atoms with Crippen LogP contribution in [0.3, 0.4) is 0 Å². The van der Waals surface area contributed by atoms with Crippen molar-refractivity contribution in [2.75, 3.05) is 5.32 Å². The van der Waals surface area contributed by atoms with E-state index in [9.17, 15) is 13.2 Å². The van der Waals surface area contributed by atoms with Crippen molar-refractivity contribution in [2.45, 2.75) is 19.8 Å². The van der Waals surface area contributed by atoms with E-state index in [0.717, 1.165) is 11.3 Å². The maximum Gasteiger partial charge on any atom is 0.573 e. The molecule has 1 N–H and O–H groups in total. The van der Waals surface area contributed by atoms with Crippen LogP contribution in [0.25, 0.3) is 0 Å². The number of nitrogens with one attached hydrogen (secondary N) is 1. The van der Waals surface area contributed by atoms with Gasteiger partial charge in [-0.2, -0.15) is 0 Å². The minimum absolute atomic E-state index is 0.239. The van der Waals surface area contributed by atoms with Crippen molar-refractivity contribution in [2.24, 2.45) is 0 Å². The van der Waals surface area contributed by atoms with Gasteiger partial charge in [0.25, 0.3) is 0 Å². The number of hydrogen-bond acceptors (Lipinski definition) is 3. The van der Waals surface area contributed by atoms with Crippen LogP contribution >= 0.6 is 0 Å². The second-order valence-corrected chi connectivity index (χ2v) is 4.25. The average Bonchev–Trinajstić information content (AvgIpc) is 2.38. The zero-order valence-electron chi connectivity index (χ0n) is 10.7. The van der Waals surface area contributed by atoms with Crippen molar-refractivity contribution in [1.29, 1.82) is 0 Å². The molecule has 0 aliphatic carbocycles. The fourth-order valence-corrected chi connectivity index (χ4v) is 1.57. The number of alkyl halides is 3. The molecule has 1 aromatic carbocycles. The Kier molecular flexibility index (Phi) is 4.12. The van der Waals surface area contributed by atoms with Gasteiger partial charge < -0.3 is 10.1 Å². The number of pyridine rings is 1. The minimum atomic E-state index is -4.67. The number of aryl methyl sites for hydroxylation is 1. The number of hydrogen-bond donors (Lipinski definition) is 1. The molecule has 2 rings (SSSR count). The molecule has 2 aromatic rings. The Bertz CT molecular complexity index is 550. The Hall–Kier alpha value is -2.24. The number of rotatable bonds is 4. The quantitative estimate of drug-likeness (QED) is 0.923. The van der Waals surface area contributed by atoms with Crippen molar-refractivity contribution < 1.29 is 17.9 Å². The summed E-state index contributed by atoms with van der Waals surface area (Å²) < 4.78 is 39.8. The van der Waals surface area contributed by atoms with Crippen LogP contribution in [0.2, 0.25) is 0 Å². The predicted molar refractivity (Wildman–Crippen MR) is 69.4 cm³/mol. The predicted octanol–water partition coefficient (Wildman–Crippen LogP) is 3.90. The Morgan fingerprint density at radius 2 is 1.80 bits per heavy atom. The monoisotopic (exact) mass is 282 g/mol. The molecule has 3 nitrogen and oxygen atoms in total. The third-order valence-corrected chi connectivity index (χ3v) is 2.53. The molecule has 0 saturated carbocycles. The first-order valence-electron chi connectivity index (χ1n) is 5.93. The molecule has 0 amide bonds. The summed E-state index contributed by atoms with van der Waals surface area (Å²) in [5.41, 5.74) is 2.62. The van der Waals surface area contributed by atoms with Gasteiger partial charge in [-0.05, 0) is 42.8 Å². The summed E-state index contributed by atoms with van der Waals surface area (Å²) >= 11 is 0. The molecule has 0 aliphatic heterocycles. The molecule has 0 radical (unpaired) electrons. The van der Waals surface area contributed by atoms with Gasteiger partial charge in [-0.15, -0.1) is 13.2 Å². The first-order chi connectivity index (χ1) is 9.42. The lowest BCUT2D eigenvalue weighted by Gasteiger charge is -2.10. The summed E-state index contributed by atoms with van der Waals surface area (Å²) in [6, 6.07) is 9.41. The zero-order valence-corrected chi connectivity index (χ0v) is 10.7. The van der Waals surface area contributed by atoms with Crippen LogP contribution in [0.5, 0.6) is 5.75 Å². The van der Waals surface area contributed by atoms with Gasteiger partial charge in [-0.3, -0.25) is 4.98 Å². The van der Waals surface area contributed by atoms with Crippen molar-refractivity contribution in [3.63, 3.8) is 0 Å². The van der Waals surface area contributed by atoms with Gasteiger partial charge in [-0.25, -0.2) is 0 Å². The topological polar surface area (TPSA) is 34.1 Å². The Labute approximate surface area is 114 Å². The van der Waals surface area contributed by atoms with Crippen LogP contribution in [-0.2, 0) is 6.54 Å². The van der Waals surface area contributed by atoms with Gasteiger partial charge in [0.1, 0.15) is 5.75 Å². The lowest BCUT2D eigenvalue weighted by atomic mass is 10.2. The van der Waals surface area contributed by atoms with Crippen LogP contribution in [0, 0.1) is 6.92 Å². The van der Waals surface area contributed by atoms with E-state index in [1.807, 2.05) is 19.1 Å². The second kappa shape index (κ2) is 5.81. The molecule has 0 atom stereocenters. The lowest BCUT2D eigenvalue weighted by Crippen LogP contribution is -2.17. The number of nitrogens with zero attached hydrogens (tertiary/aromatic N) is 1. The van der Waals surface area contributed by atoms with Crippen LogP contribution in [0.1, 0.15) is 11.3 Å². The summed E-state index contributed by atoms with van der Waals surface area (Å²) in [4.78, 5) is 4.22. The number of halogens is 3. The fraction of sp³-hybridized carbons (Fsp3) is 0.214. The normalized spacial score (nSPS) is 11.2. The lowest BCUT2D eigenvalue weighted by molar-refractivity contribution is -0.274. The molecule has 0 spiro atoms. The molecule has 20 heavy (non-hydrogen) atoms. The van der Waals surface area contributed by atoms with Gasteiger partial charge in [-0.1, -0.05) is 6.07 Å². The summed E-state index contributed by atoms with van der Waals surface area (Å²) in [6.45, 7) is 2.45. The zero-order chi connectivity index (χ0) is 14.6. The highest BCUT2D eigenvalue weighted by Crippen LogP contribution is 2.24. The first kappa shape index (κ1) is 14.2. The number of benzene rings is 1. The Morgan fingerprint density at radius 3 is 2.35 bits per heavy atom. The van der Waals surface area contributed by atoms with E-state index in [1.54, 1.807) is 6.20 Å². The largest absolute Gasteiger partial charge is 0.573 e. The molecule has 0 fully saturated rings. The van der Waals surface area contributed by atoms with Gasteiger partial charge in [0.05, 0.1) is 12.2 Å². The van der Waals surface area contributed by atoms with Gasteiger partial charge >= 0.3 is 6.36 Å². The van der Waals surface area contributed by atoms with E-state index >= 15 is 0 Å². The van der Waals surface area contributed by atoms with Gasteiger partial charge in [0.2, 0.25) is 0 Å². The van der Waals surface area contributed by atoms with Crippen molar-refractivity contribution in [3.05, 3.63) is 53.9 Å². The highest BCUT2D eigenvalue weighted by Gasteiger charge is 2.30. The summed E-state index contributed by atoms with van der Waals surface area (Å²) in [5.74, 6) is -0.239. The van der Waals surface area contributed by atoms with Crippen LogP contribution < -0.4 is 10.1 Å². The van der Waals surface area contributed by atoms with E-state index in [4.69, 9.17) is 0 Å². The molecule has 1 heterocycles. The van der Waals surface area contributed by atoms with E-state index in [1.165, 1.54) is 24.3 Å². The number of anilines is 1. The van der Waals surface area contributed by atoms with E-state index in [-0.39, 0.29) is 5.75 Å². The highest BCUT2D eigenvalue weighted by atomic mass is 19.4. The third kappa shape index (κ3) is 4.46. The standard InChI is InChI=1S/C14H13F3N2O/c1-10-2-3-12(18-8-10)9-19-11-4-6-13(7-5-11)20-14(15,16)17/h2-8,19H,9H2,1H3. The van der Waals surface area contributed by atoms with Crippen molar-refractivity contribution >= 4 is 5.69 Å². The van der Waals surface area contributed by atoms with Gasteiger partial charge in [0.15, 0.2) is 0 Å². The summed E-state index contributed by atoms with van der Waals surface area (Å²) in [6.07, 6.45) is -2.90. The van der Waals surface area contributed by atoms with Gasteiger partial charge in [0, 0.05) is 11.9 Å². The Morgan fingerprint density at radius 1 is 1.10 bits per heavy atom. The van der Waals surface area contributed by atoms with Crippen LogP contribution in [-0.4, -0.2) is 11.3 Å². The highest BCUT2D eigenvalue weighted by molar-refractivity contribution is 5.46. The molecule has 0 unspecified atom stereocenters. The molecule has 0 bridgehead atoms. The molecule has 106 valence electrons. The smallest absolute Gasteiger partial charge is 0.406 e. The first-order valence-corrected chi connectivity index (χ1v) is 5.93. The fourth-order valence-electron chi connectivity index (χ4n) is 1.57. The SMILES string of the molecule is Cc1ccc(CNc2ccc(OC(F)(F)F)cc2)nc1. The van der Waals surface area contributed by atoms with Crippen molar-refractivity contribution in [3.8, 4) is 5.75 Å². The molecular weight excluding hydrogens is 269 g/mol. The Balaban J connectivity index is 1.92. The molecule has 6 heteroatoms. The van der Waals surface area contributed by atoms with Crippen molar-refractivity contribution in [1.82, 2.24) is 4.98 Å². The van der Waals surface area contributed by atoms with E-state index < -0.39 is 6.36 Å². The molecule has 0 saturated heterocycles. The molecular formula is C14H13F3N2O. The summed E-state index contributed by atoms with van der Waals surface area (Å²) in [7, 11) is 0. The van der Waals surface area contributed by atoms with E-state index in [0.29, 0.717) is 12.2 Å². The molecule has 1 aromatic heterocycles. The third-order valence-electron chi connectivity index (χ3n) is 2.53. The average molecular weight is 282 g/mol.